The van der Waals surface area contributed by atoms with Gasteiger partial charge in [0.15, 0.2) is 0 Å². The second kappa shape index (κ2) is 32.7. The molecule has 2 aromatic rings. The van der Waals surface area contributed by atoms with Crippen molar-refractivity contribution in [3.8, 4) is 0 Å². The molecule has 0 fully saturated rings. The van der Waals surface area contributed by atoms with Gasteiger partial charge in [0.05, 0.1) is 0 Å². The summed E-state index contributed by atoms with van der Waals surface area (Å²) in [5.74, 6) is -11.9. The smallest absolute Gasteiger partial charge is 0.303 e. The third kappa shape index (κ3) is 22.6. The van der Waals surface area contributed by atoms with Crippen LogP contribution in [0.25, 0.3) is 10.8 Å². The molecule has 0 radical (unpaired) electrons. The molecule has 77 heavy (non-hydrogen) atoms. The minimum atomic E-state index is -1.67. The molecule has 0 heterocycles. The number of fused-ring (bicyclic) bond motifs is 1. The van der Waals surface area contributed by atoms with Crippen molar-refractivity contribution in [1.82, 2.24) is 47.9 Å². The van der Waals surface area contributed by atoms with Crippen LogP contribution in [0.3, 0.4) is 0 Å². The van der Waals surface area contributed by atoms with Gasteiger partial charge < -0.3 is 69.5 Å². The highest BCUT2D eigenvalue weighted by Gasteiger charge is 2.36. The van der Waals surface area contributed by atoms with Crippen LogP contribution in [0.15, 0.2) is 42.5 Å². The van der Waals surface area contributed by atoms with Crippen LogP contribution in [0.2, 0.25) is 0 Å². The summed E-state index contributed by atoms with van der Waals surface area (Å²) < 4.78 is 0. The Morgan fingerprint density at radius 3 is 1.38 bits per heavy atom. The van der Waals surface area contributed by atoms with E-state index in [-0.39, 0.29) is 25.8 Å². The topological polar surface area (TPSA) is 406 Å². The molecule has 11 atom stereocenters. The lowest BCUT2D eigenvalue weighted by atomic mass is 9.97. The number of primary amides is 1. The van der Waals surface area contributed by atoms with Crippen molar-refractivity contribution in [3.63, 3.8) is 0 Å². The average Bonchev–Trinajstić information content (AvgIpc) is 3.37. The van der Waals surface area contributed by atoms with Crippen molar-refractivity contribution in [2.75, 3.05) is 6.54 Å². The van der Waals surface area contributed by atoms with E-state index >= 15 is 0 Å². The number of nitrogens with two attached hydrogens (primary N) is 2. The highest BCUT2D eigenvalue weighted by molar-refractivity contribution is 5.99. The van der Waals surface area contributed by atoms with Crippen LogP contribution in [0.5, 0.6) is 0 Å². The summed E-state index contributed by atoms with van der Waals surface area (Å²) in [7, 11) is 0. The maximum Gasteiger partial charge on any atom is 0.303 e. The van der Waals surface area contributed by atoms with Gasteiger partial charge >= 0.3 is 11.9 Å². The van der Waals surface area contributed by atoms with Gasteiger partial charge in [-0.1, -0.05) is 83.0 Å². The summed E-state index contributed by atoms with van der Waals surface area (Å²) >= 11 is 0. The first-order valence-electron chi connectivity index (χ1n) is 25.8. The fourth-order valence-electron chi connectivity index (χ4n) is 7.81. The largest absolute Gasteiger partial charge is 0.481 e. The van der Waals surface area contributed by atoms with E-state index in [0.717, 1.165) is 10.8 Å². The molecule has 0 saturated heterocycles. The number of unbranched alkanes of at least 4 members (excludes halogenated alkanes) is 1. The van der Waals surface area contributed by atoms with Gasteiger partial charge in [-0.15, -0.1) is 0 Å². The number of carbonyl (C=O) groups excluding carboxylic acids is 10. The van der Waals surface area contributed by atoms with Gasteiger partial charge in [-0.05, 0) is 87.6 Å². The van der Waals surface area contributed by atoms with E-state index in [1.54, 1.807) is 52.0 Å². The first-order chi connectivity index (χ1) is 36.2. The number of carboxylic acids is 2. The molecule has 2 rings (SSSR count). The van der Waals surface area contributed by atoms with Crippen LogP contribution < -0.4 is 59.3 Å². The predicted octanol–water partition coefficient (Wildman–Crippen LogP) is -0.739. The fraction of sp³-hybridized carbons (Fsp3) is 0.577. The van der Waals surface area contributed by atoms with Gasteiger partial charge in [-0.2, -0.15) is 0 Å². The second-order valence-corrected chi connectivity index (χ2v) is 19.3. The van der Waals surface area contributed by atoms with E-state index in [0.29, 0.717) is 24.8 Å². The highest BCUT2D eigenvalue weighted by atomic mass is 16.4. The zero-order valence-corrected chi connectivity index (χ0v) is 45.1. The second-order valence-electron chi connectivity index (χ2n) is 19.3. The molecular weight excluding hydrogens is 1000 g/mol. The first-order valence-corrected chi connectivity index (χ1v) is 25.8. The number of nitrogens with one attached hydrogen (secondary N) is 9. The summed E-state index contributed by atoms with van der Waals surface area (Å²) in [5.41, 5.74) is 11.6. The van der Waals surface area contributed by atoms with Crippen molar-refractivity contribution >= 4 is 81.8 Å². The van der Waals surface area contributed by atoms with E-state index < -0.39 is 163 Å². The standard InChI is InChI=1S/C52H79N11O14/c1-9-27(3)42(62-46(71)30(6)55-32(8)64)52(77)57-31(7)45(70)58-36(17-13-14-24-53)47(72)59-37(20-22-40(65)66)48(73)61-39(26-33-18-19-34-15-11-12-16-35(34)25-33)50(75)60-38(21-23-41(67)68)49(74)63-43(28(4)10-2)51(76)56-29(5)44(54)69/h11-12,15-16,18-19,25,27-31,36-39,42-43H,9-10,13-14,17,20-24,26,53H2,1-8H3,(H2,54,69)(H,55,64)(H,56,76)(H,57,77)(H,58,70)(H,59,72)(H,60,75)(H,61,73)(H,62,71)(H,63,74)(H,65,66)(H,67,68)/t27-,28-,29-,30-,31-,36-,37-,38-,39-,42-,43-/m0/s1. The first kappa shape index (κ1) is 65.4. The van der Waals surface area contributed by atoms with Gasteiger partial charge in [0.2, 0.25) is 59.1 Å². The highest BCUT2D eigenvalue weighted by Crippen LogP contribution is 2.18. The van der Waals surface area contributed by atoms with Gasteiger partial charge in [0, 0.05) is 26.2 Å². The SMILES string of the molecule is CC[C@H](C)[C@H](NC(=O)[C@H](C)NC(C)=O)C(=O)N[C@@H](C)C(=O)N[C@@H](CCCCN)C(=O)N[C@@H](CCC(=O)O)C(=O)N[C@@H](Cc1ccc2ccccc2c1)C(=O)N[C@@H](CCC(=O)O)C(=O)N[C@H](C(=O)N[C@@H](C)C(N)=O)[C@@H](C)CC. The third-order valence-electron chi connectivity index (χ3n) is 13.0. The maximum absolute atomic E-state index is 14.5. The van der Waals surface area contributed by atoms with E-state index in [2.05, 4.69) is 47.9 Å². The molecule has 0 unspecified atom stereocenters. The monoisotopic (exact) mass is 1080 g/mol. The molecule has 0 bridgehead atoms. The molecule has 0 aliphatic carbocycles. The van der Waals surface area contributed by atoms with E-state index in [1.165, 1.54) is 27.7 Å². The predicted molar refractivity (Wildman–Crippen MR) is 282 cm³/mol. The average molecular weight is 1080 g/mol. The Bertz CT molecular complexity index is 2420. The van der Waals surface area contributed by atoms with Crippen LogP contribution >= 0.6 is 0 Å². The van der Waals surface area contributed by atoms with Crippen molar-refractivity contribution in [3.05, 3.63) is 48.0 Å². The number of carboxylic acid groups (broad SMARTS) is 2. The third-order valence-corrected chi connectivity index (χ3v) is 13.0. The molecular formula is C52H79N11O14. The Kier molecular flexibility index (Phi) is 27.8. The molecule has 15 N–H and O–H groups in total. The molecule has 10 amide bonds. The minimum absolute atomic E-state index is 0.0359. The van der Waals surface area contributed by atoms with Crippen LogP contribution in [-0.2, 0) is 64.0 Å². The van der Waals surface area contributed by atoms with Crippen LogP contribution in [0.4, 0.5) is 0 Å². The Labute approximate surface area is 448 Å². The molecule has 0 aromatic heterocycles. The van der Waals surface area contributed by atoms with Crippen molar-refractivity contribution in [2.45, 2.75) is 174 Å². The lowest BCUT2D eigenvalue weighted by molar-refractivity contribution is -0.139. The lowest BCUT2D eigenvalue weighted by Crippen LogP contribution is -2.61. The van der Waals surface area contributed by atoms with E-state index in [9.17, 15) is 67.7 Å². The minimum Gasteiger partial charge on any atom is -0.481 e. The van der Waals surface area contributed by atoms with Gasteiger partial charge in [-0.25, -0.2) is 0 Å². The fourth-order valence-corrected chi connectivity index (χ4v) is 7.81. The number of aliphatic carboxylic acids is 2. The number of carbonyl (C=O) groups is 12. The van der Waals surface area contributed by atoms with Crippen molar-refractivity contribution < 1.29 is 67.7 Å². The quantitative estimate of drug-likeness (QED) is 0.0384. The summed E-state index contributed by atoms with van der Waals surface area (Å²) in [6, 6.07) is 0.407. The van der Waals surface area contributed by atoms with Gasteiger partial charge in [0.25, 0.3) is 0 Å². The molecule has 0 spiro atoms. The van der Waals surface area contributed by atoms with Crippen molar-refractivity contribution in [1.29, 1.82) is 0 Å². The number of benzene rings is 2. The number of hydrogen-bond acceptors (Lipinski definition) is 13. The van der Waals surface area contributed by atoms with E-state index in [4.69, 9.17) is 11.5 Å². The number of hydrogen-bond donors (Lipinski definition) is 13. The van der Waals surface area contributed by atoms with E-state index in [1.807, 2.05) is 18.2 Å². The summed E-state index contributed by atoms with van der Waals surface area (Å²) in [4.78, 5) is 158. The molecule has 0 aliphatic heterocycles. The zero-order valence-electron chi connectivity index (χ0n) is 45.1. The Balaban J connectivity index is 2.55. The lowest BCUT2D eigenvalue weighted by Gasteiger charge is -2.29. The van der Waals surface area contributed by atoms with Gasteiger partial charge in [0.1, 0.15) is 54.4 Å². The summed E-state index contributed by atoms with van der Waals surface area (Å²) in [6.45, 7) is 12.4. The number of amides is 10. The Morgan fingerprint density at radius 2 is 0.896 bits per heavy atom. The summed E-state index contributed by atoms with van der Waals surface area (Å²) in [6.07, 6.45) is -1.10. The van der Waals surface area contributed by atoms with Crippen molar-refractivity contribution in [2.24, 2.45) is 23.3 Å². The Morgan fingerprint density at radius 1 is 0.481 bits per heavy atom. The normalized spacial score (nSPS) is 15.3. The molecule has 0 aliphatic rings. The summed E-state index contributed by atoms with van der Waals surface area (Å²) in [5, 5.41) is 43.7. The molecule has 2 aromatic carbocycles. The molecule has 25 nitrogen and oxygen atoms in total. The Hall–Kier alpha value is -7.70. The zero-order chi connectivity index (χ0) is 58.1. The molecule has 0 saturated carbocycles. The molecule has 25 heteroatoms. The number of rotatable bonds is 34. The van der Waals surface area contributed by atoms with Crippen LogP contribution in [0, 0.1) is 11.8 Å². The van der Waals surface area contributed by atoms with Gasteiger partial charge in [-0.3, -0.25) is 57.5 Å². The van der Waals surface area contributed by atoms with Crippen LogP contribution in [0.1, 0.15) is 119 Å². The van der Waals surface area contributed by atoms with Crippen LogP contribution in [-0.4, -0.2) is 142 Å². The molecule has 426 valence electrons. The maximum atomic E-state index is 14.5.